The van der Waals surface area contributed by atoms with E-state index >= 15 is 0 Å². The first-order valence-corrected chi connectivity index (χ1v) is 7.96. The molecule has 2 aromatic heterocycles. The number of benzene rings is 2. The second kappa shape index (κ2) is 6.40. The molecule has 0 aliphatic carbocycles. The van der Waals surface area contributed by atoms with Crippen LogP contribution in [0.25, 0.3) is 28.0 Å². The zero-order chi connectivity index (χ0) is 18.1. The molecule has 0 N–H and O–H groups in total. The van der Waals surface area contributed by atoms with E-state index < -0.39 is 5.97 Å². The fraction of sp³-hybridized carbons (Fsp3) is 0.0500. The van der Waals surface area contributed by atoms with Gasteiger partial charge in [-0.1, -0.05) is 30.3 Å². The molecule has 0 saturated heterocycles. The molecule has 0 radical (unpaired) electrons. The second-order valence-electron chi connectivity index (χ2n) is 5.68. The number of methoxy groups -OCH3 is 1. The Morgan fingerprint density at radius 3 is 2.46 bits per heavy atom. The van der Waals surface area contributed by atoms with Gasteiger partial charge in [0, 0.05) is 11.1 Å². The van der Waals surface area contributed by atoms with Gasteiger partial charge in [0.1, 0.15) is 5.82 Å². The van der Waals surface area contributed by atoms with Crippen molar-refractivity contribution in [1.82, 2.24) is 14.6 Å². The summed E-state index contributed by atoms with van der Waals surface area (Å²) in [6, 6.07) is 17.2. The lowest BCUT2D eigenvalue weighted by molar-refractivity contribution is 0.0590. The van der Waals surface area contributed by atoms with E-state index in [0.29, 0.717) is 16.9 Å². The quantitative estimate of drug-likeness (QED) is 0.526. The van der Waals surface area contributed by atoms with E-state index in [-0.39, 0.29) is 11.5 Å². The van der Waals surface area contributed by atoms with Crippen LogP contribution in [0.3, 0.4) is 0 Å². The normalized spacial score (nSPS) is 10.8. The van der Waals surface area contributed by atoms with Crippen molar-refractivity contribution in [3.8, 4) is 22.4 Å². The summed E-state index contributed by atoms with van der Waals surface area (Å²) < 4.78 is 19.6. The molecule has 26 heavy (non-hydrogen) atoms. The van der Waals surface area contributed by atoms with Gasteiger partial charge >= 0.3 is 5.97 Å². The Bertz CT molecular complexity index is 1090. The number of aromatic nitrogens is 3. The molecule has 0 aliphatic rings. The Kier molecular flexibility index (Phi) is 3.93. The van der Waals surface area contributed by atoms with Gasteiger partial charge in [-0.15, -0.1) is 0 Å². The summed E-state index contributed by atoms with van der Waals surface area (Å²) in [4.78, 5) is 16.9. The molecule has 0 spiro atoms. The average Bonchev–Trinajstić information content (AvgIpc) is 3.12. The van der Waals surface area contributed by atoms with Crippen molar-refractivity contribution in [3.05, 3.63) is 78.4 Å². The predicted octanol–water partition coefficient (Wildman–Crippen LogP) is 3.99. The maximum atomic E-state index is 13.2. The van der Waals surface area contributed by atoms with Crippen LogP contribution in [0.5, 0.6) is 0 Å². The van der Waals surface area contributed by atoms with Gasteiger partial charge in [0.15, 0.2) is 11.3 Å². The van der Waals surface area contributed by atoms with E-state index in [9.17, 15) is 9.18 Å². The molecule has 2 aromatic carbocycles. The molecule has 128 valence electrons. The van der Waals surface area contributed by atoms with Crippen molar-refractivity contribution in [2.24, 2.45) is 0 Å². The number of ether oxygens (including phenoxy) is 1. The van der Waals surface area contributed by atoms with Crippen LogP contribution in [0.1, 0.15) is 10.5 Å². The zero-order valence-electron chi connectivity index (χ0n) is 13.9. The zero-order valence-corrected chi connectivity index (χ0v) is 13.9. The fourth-order valence-electron chi connectivity index (χ4n) is 2.80. The third-order valence-electron chi connectivity index (χ3n) is 4.09. The molecule has 6 heteroatoms. The smallest absolute Gasteiger partial charge is 0.356 e. The molecule has 4 rings (SSSR count). The van der Waals surface area contributed by atoms with E-state index in [1.807, 2.05) is 30.3 Å². The summed E-state index contributed by atoms with van der Waals surface area (Å²) in [7, 11) is 1.31. The van der Waals surface area contributed by atoms with Crippen molar-refractivity contribution in [2.75, 3.05) is 7.11 Å². The van der Waals surface area contributed by atoms with Crippen LogP contribution in [-0.2, 0) is 4.74 Å². The van der Waals surface area contributed by atoms with Crippen LogP contribution in [0.2, 0.25) is 0 Å². The molecular weight excluding hydrogens is 333 g/mol. The molecule has 0 unspecified atom stereocenters. The summed E-state index contributed by atoms with van der Waals surface area (Å²) in [5.74, 6) is -0.860. The Morgan fingerprint density at radius 2 is 1.77 bits per heavy atom. The number of nitrogens with zero attached hydrogens (tertiary/aromatic N) is 3. The van der Waals surface area contributed by atoms with Crippen molar-refractivity contribution in [2.45, 2.75) is 0 Å². The summed E-state index contributed by atoms with van der Waals surface area (Å²) >= 11 is 0. The Labute approximate surface area is 148 Å². The fourth-order valence-corrected chi connectivity index (χ4v) is 2.80. The van der Waals surface area contributed by atoms with Gasteiger partial charge in [0.05, 0.1) is 19.0 Å². The molecule has 0 atom stereocenters. The molecule has 4 aromatic rings. The number of carbonyl (C=O) groups is 1. The molecule has 0 fully saturated rings. The number of esters is 1. The van der Waals surface area contributed by atoms with Gasteiger partial charge < -0.3 is 4.74 Å². The van der Waals surface area contributed by atoms with E-state index in [2.05, 4.69) is 10.1 Å². The number of rotatable bonds is 3. The van der Waals surface area contributed by atoms with Gasteiger partial charge in [-0.25, -0.2) is 18.7 Å². The topological polar surface area (TPSA) is 56.5 Å². The maximum Gasteiger partial charge on any atom is 0.356 e. The first-order chi connectivity index (χ1) is 12.7. The lowest BCUT2D eigenvalue weighted by Gasteiger charge is -2.08. The highest BCUT2D eigenvalue weighted by molar-refractivity contribution is 5.91. The SMILES string of the molecule is COC(=O)c1cc(-c2ccc(F)cc2)nc2c(-c3ccccc3)cnn12. The van der Waals surface area contributed by atoms with E-state index in [1.54, 1.807) is 24.4 Å². The summed E-state index contributed by atoms with van der Waals surface area (Å²) in [5.41, 5.74) is 3.73. The van der Waals surface area contributed by atoms with Crippen LogP contribution in [0, 0.1) is 5.82 Å². The number of carbonyl (C=O) groups excluding carboxylic acids is 1. The number of halogens is 1. The van der Waals surface area contributed by atoms with Gasteiger partial charge in [0.25, 0.3) is 0 Å². The van der Waals surface area contributed by atoms with Crippen LogP contribution in [-0.4, -0.2) is 27.7 Å². The van der Waals surface area contributed by atoms with Crippen LogP contribution >= 0.6 is 0 Å². The molecule has 0 bridgehead atoms. The lowest BCUT2D eigenvalue weighted by Crippen LogP contribution is -2.10. The monoisotopic (exact) mass is 347 g/mol. The van der Waals surface area contributed by atoms with Crippen LogP contribution in [0.4, 0.5) is 4.39 Å². The number of fused-ring (bicyclic) bond motifs is 1. The predicted molar refractivity (Wildman–Crippen MR) is 95.2 cm³/mol. The Morgan fingerprint density at radius 1 is 1.04 bits per heavy atom. The molecule has 0 saturated carbocycles. The van der Waals surface area contributed by atoms with Gasteiger partial charge in [-0.3, -0.25) is 0 Å². The summed E-state index contributed by atoms with van der Waals surface area (Å²) in [5, 5.41) is 4.31. The van der Waals surface area contributed by atoms with E-state index in [0.717, 1.165) is 11.1 Å². The van der Waals surface area contributed by atoms with Crippen LogP contribution < -0.4 is 0 Å². The Hall–Kier alpha value is -3.54. The number of hydrogen-bond donors (Lipinski definition) is 0. The van der Waals surface area contributed by atoms with Crippen molar-refractivity contribution in [3.63, 3.8) is 0 Å². The third kappa shape index (κ3) is 2.71. The largest absolute Gasteiger partial charge is 0.464 e. The van der Waals surface area contributed by atoms with E-state index in [1.165, 1.54) is 23.8 Å². The number of hydrogen-bond acceptors (Lipinski definition) is 4. The summed E-state index contributed by atoms with van der Waals surface area (Å²) in [6.07, 6.45) is 1.67. The standard InChI is InChI=1S/C20H14FN3O2/c1-26-20(25)18-11-17(14-7-9-15(21)10-8-14)23-19-16(12-22-24(18)19)13-5-3-2-4-6-13/h2-12H,1H3. The van der Waals surface area contributed by atoms with Crippen molar-refractivity contribution < 1.29 is 13.9 Å². The first kappa shape index (κ1) is 16.0. The highest BCUT2D eigenvalue weighted by Crippen LogP contribution is 2.27. The maximum absolute atomic E-state index is 13.2. The van der Waals surface area contributed by atoms with Crippen molar-refractivity contribution in [1.29, 1.82) is 0 Å². The summed E-state index contributed by atoms with van der Waals surface area (Å²) in [6.45, 7) is 0. The minimum atomic E-state index is -0.525. The van der Waals surface area contributed by atoms with Crippen molar-refractivity contribution >= 4 is 11.6 Å². The van der Waals surface area contributed by atoms with Gasteiger partial charge in [-0.2, -0.15) is 5.10 Å². The molecule has 0 amide bonds. The molecule has 0 aliphatic heterocycles. The Balaban J connectivity index is 1.99. The molecule has 5 nitrogen and oxygen atoms in total. The first-order valence-electron chi connectivity index (χ1n) is 7.96. The van der Waals surface area contributed by atoms with Gasteiger partial charge in [-0.05, 0) is 35.9 Å². The highest BCUT2D eigenvalue weighted by atomic mass is 19.1. The molecular formula is C20H14FN3O2. The minimum absolute atomic E-state index is 0.249. The van der Waals surface area contributed by atoms with Gasteiger partial charge in [0.2, 0.25) is 0 Å². The lowest BCUT2D eigenvalue weighted by atomic mass is 10.1. The average molecular weight is 347 g/mol. The third-order valence-corrected chi connectivity index (χ3v) is 4.09. The molecule has 2 heterocycles. The van der Waals surface area contributed by atoms with E-state index in [4.69, 9.17) is 4.74 Å². The van der Waals surface area contributed by atoms with Crippen LogP contribution in [0.15, 0.2) is 66.9 Å². The second-order valence-corrected chi connectivity index (χ2v) is 5.68. The highest BCUT2D eigenvalue weighted by Gasteiger charge is 2.18. The minimum Gasteiger partial charge on any atom is -0.464 e.